The number of hydrogen-bond acceptors (Lipinski definition) is 5. The molecule has 32 heavy (non-hydrogen) atoms. The number of nitrogens with zero attached hydrogens (tertiary/aromatic N) is 1. The first-order chi connectivity index (χ1) is 15.4. The number of phenolic OH excluding ortho intramolecular Hbond substituents is 1. The van der Waals surface area contributed by atoms with Crippen LogP contribution in [-0.2, 0) is 0 Å². The zero-order valence-corrected chi connectivity index (χ0v) is 18.4. The maximum Gasteiger partial charge on any atom is 0.271 e. The van der Waals surface area contributed by atoms with E-state index in [2.05, 4.69) is 10.5 Å². The van der Waals surface area contributed by atoms with E-state index in [0.717, 1.165) is 11.1 Å². The zero-order valence-electron chi connectivity index (χ0n) is 16.9. The summed E-state index contributed by atoms with van der Waals surface area (Å²) in [7, 11) is 0. The van der Waals surface area contributed by atoms with E-state index < -0.39 is 12.2 Å². The summed E-state index contributed by atoms with van der Waals surface area (Å²) >= 11 is 11.8. The average molecular weight is 469 g/mol. The van der Waals surface area contributed by atoms with Gasteiger partial charge in [-0.05, 0) is 53.6 Å². The van der Waals surface area contributed by atoms with E-state index in [0.29, 0.717) is 22.1 Å². The molecule has 0 bridgehead atoms. The summed E-state index contributed by atoms with van der Waals surface area (Å²) in [6.45, 7) is 1.81. The molecular formula is C24H18Cl2N2O4. The number of halogens is 2. The number of phenols is 1. The Morgan fingerprint density at radius 2 is 1.81 bits per heavy atom. The summed E-state index contributed by atoms with van der Waals surface area (Å²) in [6, 6.07) is 15.3. The van der Waals surface area contributed by atoms with E-state index in [1.807, 2.05) is 49.4 Å². The topological polar surface area (TPSA) is 80.2 Å². The summed E-state index contributed by atoms with van der Waals surface area (Å²) in [5.41, 5.74) is 5.21. The number of hydrazone groups is 1. The maximum absolute atomic E-state index is 12.2. The first kappa shape index (κ1) is 21.7. The number of carbonyl (C=O) groups excluding carboxylic acids is 1. The molecule has 0 saturated heterocycles. The van der Waals surface area contributed by atoms with Crippen LogP contribution in [0, 0.1) is 0 Å². The quantitative estimate of drug-likeness (QED) is 0.283. The van der Waals surface area contributed by atoms with Gasteiger partial charge in [-0.1, -0.05) is 47.5 Å². The van der Waals surface area contributed by atoms with Crippen molar-refractivity contribution in [2.75, 3.05) is 0 Å². The normalized spacial score (nSPS) is 14.9. The third kappa shape index (κ3) is 5.04. The van der Waals surface area contributed by atoms with E-state index >= 15 is 0 Å². The largest absolute Gasteiger partial charge is 0.506 e. The van der Waals surface area contributed by atoms with E-state index in [9.17, 15) is 9.90 Å². The molecule has 1 atom stereocenters. The minimum Gasteiger partial charge on any atom is -0.506 e. The van der Waals surface area contributed by atoms with Crippen LogP contribution in [0.4, 0.5) is 0 Å². The van der Waals surface area contributed by atoms with Gasteiger partial charge >= 0.3 is 0 Å². The summed E-state index contributed by atoms with van der Waals surface area (Å²) in [5, 5.41) is 14.2. The Morgan fingerprint density at radius 3 is 2.56 bits per heavy atom. The third-order valence-corrected chi connectivity index (χ3v) is 5.15. The maximum atomic E-state index is 12.2. The second-order valence-electron chi connectivity index (χ2n) is 6.99. The standard InChI is InChI=1S/C24H18Cl2N2O4/c1-14-31-22-11-16(13-27-28-24(30)18-6-9-21(29)20(26)12-18)10-17(23(22)32-14)5-2-15-3-7-19(25)8-4-15/h2-14,29H,1H3,(H,28,30)/b5-2+,27-13+. The third-order valence-electron chi connectivity index (χ3n) is 4.60. The monoisotopic (exact) mass is 468 g/mol. The number of ether oxygens (including phenoxy) is 2. The molecule has 3 aromatic rings. The molecule has 0 aromatic heterocycles. The van der Waals surface area contributed by atoms with Crippen LogP contribution >= 0.6 is 23.2 Å². The number of carbonyl (C=O) groups is 1. The van der Waals surface area contributed by atoms with E-state index in [-0.39, 0.29) is 16.3 Å². The van der Waals surface area contributed by atoms with Gasteiger partial charge in [-0.15, -0.1) is 0 Å². The summed E-state index contributed by atoms with van der Waals surface area (Å²) < 4.78 is 11.5. The molecule has 0 spiro atoms. The predicted octanol–water partition coefficient (Wildman–Crippen LogP) is 5.75. The molecule has 6 nitrogen and oxygen atoms in total. The van der Waals surface area contributed by atoms with Crippen LogP contribution in [-0.4, -0.2) is 23.5 Å². The molecular weight excluding hydrogens is 451 g/mol. The smallest absolute Gasteiger partial charge is 0.271 e. The van der Waals surface area contributed by atoms with Gasteiger partial charge in [0.1, 0.15) is 5.75 Å². The molecule has 3 aromatic carbocycles. The van der Waals surface area contributed by atoms with Crippen LogP contribution in [0.1, 0.15) is 34.0 Å². The van der Waals surface area contributed by atoms with Gasteiger partial charge in [-0.3, -0.25) is 4.79 Å². The highest BCUT2D eigenvalue weighted by Crippen LogP contribution is 2.39. The number of rotatable bonds is 5. The first-order valence-corrected chi connectivity index (χ1v) is 10.4. The molecule has 1 amide bonds. The van der Waals surface area contributed by atoms with Gasteiger partial charge in [0.25, 0.3) is 5.91 Å². The van der Waals surface area contributed by atoms with Crippen molar-refractivity contribution in [1.29, 1.82) is 0 Å². The molecule has 4 rings (SSSR count). The second kappa shape index (κ2) is 9.34. The zero-order chi connectivity index (χ0) is 22.7. The van der Waals surface area contributed by atoms with Gasteiger partial charge in [-0.2, -0.15) is 5.10 Å². The Hall–Kier alpha value is -3.48. The Bertz CT molecular complexity index is 1220. The van der Waals surface area contributed by atoms with Crippen molar-refractivity contribution in [3.63, 3.8) is 0 Å². The van der Waals surface area contributed by atoms with E-state index in [1.165, 1.54) is 24.4 Å². The molecule has 162 valence electrons. The molecule has 0 radical (unpaired) electrons. The molecule has 1 unspecified atom stereocenters. The van der Waals surface area contributed by atoms with Crippen LogP contribution in [0.25, 0.3) is 12.2 Å². The Balaban J connectivity index is 1.54. The van der Waals surface area contributed by atoms with Gasteiger partial charge in [-0.25, -0.2) is 5.43 Å². The molecule has 8 heteroatoms. The van der Waals surface area contributed by atoms with Gasteiger partial charge in [0.05, 0.1) is 11.2 Å². The summed E-state index contributed by atoms with van der Waals surface area (Å²) in [4.78, 5) is 12.2. The lowest BCUT2D eigenvalue weighted by molar-refractivity contribution is 0.0677. The van der Waals surface area contributed by atoms with Crippen molar-refractivity contribution in [3.8, 4) is 17.2 Å². The summed E-state index contributed by atoms with van der Waals surface area (Å²) in [6.07, 6.45) is 4.96. The highest BCUT2D eigenvalue weighted by atomic mass is 35.5. The highest BCUT2D eigenvalue weighted by Gasteiger charge is 2.23. The molecule has 0 saturated carbocycles. The number of amides is 1. The second-order valence-corrected chi connectivity index (χ2v) is 7.83. The molecule has 2 N–H and O–H groups in total. The predicted molar refractivity (Wildman–Crippen MR) is 126 cm³/mol. The van der Waals surface area contributed by atoms with Gasteiger partial charge in [0, 0.05) is 23.1 Å². The van der Waals surface area contributed by atoms with Crippen LogP contribution in [0.15, 0.2) is 59.7 Å². The van der Waals surface area contributed by atoms with Crippen molar-refractivity contribution < 1.29 is 19.4 Å². The lowest BCUT2D eigenvalue weighted by atomic mass is 10.1. The van der Waals surface area contributed by atoms with Crippen molar-refractivity contribution in [2.45, 2.75) is 13.2 Å². The van der Waals surface area contributed by atoms with Gasteiger partial charge in [0.15, 0.2) is 11.5 Å². The van der Waals surface area contributed by atoms with Crippen molar-refractivity contribution in [1.82, 2.24) is 5.43 Å². The first-order valence-electron chi connectivity index (χ1n) is 9.66. The fourth-order valence-corrected chi connectivity index (χ4v) is 3.37. The number of benzene rings is 3. The van der Waals surface area contributed by atoms with Crippen molar-refractivity contribution in [3.05, 3.63) is 86.9 Å². The minimum atomic E-state index is -0.458. The van der Waals surface area contributed by atoms with Crippen LogP contribution in [0.3, 0.4) is 0 Å². The lowest BCUT2D eigenvalue weighted by Crippen LogP contribution is -2.17. The van der Waals surface area contributed by atoms with E-state index in [1.54, 1.807) is 6.07 Å². The van der Waals surface area contributed by atoms with Gasteiger partial charge in [0.2, 0.25) is 6.29 Å². The molecule has 1 aliphatic heterocycles. The lowest BCUT2D eigenvalue weighted by Gasteiger charge is -2.05. The van der Waals surface area contributed by atoms with Crippen molar-refractivity contribution >= 4 is 47.5 Å². The van der Waals surface area contributed by atoms with Crippen LogP contribution in [0.5, 0.6) is 17.2 Å². The molecule has 1 heterocycles. The Morgan fingerprint density at radius 1 is 1.03 bits per heavy atom. The summed E-state index contributed by atoms with van der Waals surface area (Å²) in [5.74, 6) is 0.678. The Labute approximate surface area is 194 Å². The Kier molecular flexibility index (Phi) is 6.35. The molecule has 0 fully saturated rings. The SMILES string of the molecule is CC1Oc2cc(/C=N/NC(=O)c3ccc(O)c(Cl)c3)cc(/C=C/c3ccc(Cl)cc3)c2O1. The van der Waals surface area contributed by atoms with Crippen LogP contribution < -0.4 is 14.9 Å². The number of aromatic hydroxyl groups is 1. The van der Waals surface area contributed by atoms with Crippen LogP contribution in [0.2, 0.25) is 10.0 Å². The fourth-order valence-electron chi connectivity index (χ4n) is 3.06. The van der Waals surface area contributed by atoms with E-state index in [4.69, 9.17) is 32.7 Å². The minimum absolute atomic E-state index is 0.0867. The molecule has 1 aliphatic rings. The molecule has 0 aliphatic carbocycles. The van der Waals surface area contributed by atoms with Crippen molar-refractivity contribution in [2.24, 2.45) is 5.10 Å². The highest BCUT2D eigenvalue weighted by molar-refractivity contribution is 6.32. The number of fused-ring (bicyclic) bond motifs is 1. The fraction of sp³-hybridized carbons (Fsp3) is 0.0833. The van der Waals surface area contributed by atoms with Gasteiger partial charge < -0.3 is 14.6 Å². The number of hydrogen-bond donors (Lipinski definition) is 2. The average Bonchev–Trinajstić information content (AvgIpc) is 3.15. The number of nitrogens with one attached hydrogen (secondary N) is 1.